The number of likely N-dealkylation sites (tertiary alicyclic amines) is 2. The van der Waals surface area contributed by atoms with Gasteiger partial charge in [0.2, 0.25) is 0 Å². The summed E-state index contributed by atoms with van der Waals surface area (Å²) in [5.41, 5.74) is 0.798. The van der Waals surface area contributed by atoms with E-state index in [2.05, 4.69) is 9.80 Å². The molecule has 0 unspecified atom stereocenters. The predicted octanol–water partition coefficient (Wildman–Crippen LogP) is 3.71. The van der Waals surface area contributed by atoms with Crippen molar-refractivity contribution < 1.29 is 9.53 Å². The summed E-state index contributed by atoms with van der Waals surface area (Å²) in [6.45, 7) is 4.35. The summed E-state index contributed by atoms with van der Waals surface area (Å²) in [6, 6.07) is 8.21. The molecule has 2 saturated heterocycles. The summed E-state index contributed by atoms with van der Waals surface area (Å²) >= 11 is 0. The summed E-state index contributed by atoms with van der Waals surface area (Å²) in [5, 5.41) is 0. The van der Waals surface area contributed by atoms with Gasteiger partial charge in [-0.05, 0) is 88.7 Å². The summed E-state index contributed by atoms with van der Waals surface area (Å²) in [6.07, 6.45) is 10.1. The van der Waals surface area contributed by atoms with Gasteiger partial charge in [0.15, 0.2) is 0 Å². The molecule has 4 rings (SSSR count). The molecule has 1 atom stereocenters. The van der Waals surface area contributed by atoms with Crippen molar-refractivity contribution in [3.05, 3.63) is 29.8 Å². The molecule has 4 heteroatoms. The number of ether oxygens (including phenoxy) is 1. The monoisotopic (exact) mass is 342 g/mol. The van der Waals surface area contributed by atoms with Gasteiger partial charge in [0.25, 0.3) is 5.91 Å². The van der Waals surface area contributed by atoms with Gasteiger partial charge in [0, 0.05) is 24.7 Å². The number of rotatable bonds is 5. The molecule has 0 bridgehead atoms. The first kappa shape index (κ1) is 16.9. The molecule has 136 valence electrons. The number of benzene rings is 1. The molecule has 2 heterocycles. The lowest BCUT2D eigenvalue weighted by molar-refractivity contribution is 0.0708. The molecule has 1 amide bonds. The molecule has 0 aromatic heterocycles. The zero-order valence-electron chi connectivity index (χ0n) is 15.2. The van der Waals surface area contributed by atoms with Crippen LogP contribution in [0.2, 0.25) is 0 Å². The van der Waals surface area contributed by atoms with Gasteiger partial charge in [-0.25, -0.2) is 0 Å². The van der Waals surface area contributed by atoms with Crippen LogP contribution in [-0.2, 0) is 0 Å². The van der Waals surface area contributed by atoms with Gasteiger partial charge in [0.1, 0.15) is 5.75 Å². The van der Waals surface area contributed by atoms with Crippen molar-refractivity contribution in [2.24, 2.45) is 0 Å². The van der Waals surface area contributed by atoms with Gasteiger partial charge in [-0.1, -0.05) is 0 Å². The van der Waals surface area contributed by atoms with Gasteiger partial charge >= 0.3 is 0 Å². The Labute approximate surface area is 151 Å². The Bertz CT molecular complexity index is 574. The molecule has 1 aromatic rings. The second-order valence-electron chi connectivity index (χ2n) is 7.85. The first-order chi connectivity index (χ1) is 12.3. The van der Waals surface area contributed by atoms with Gasteiger partial charge in [-0.15, -0.1) is 0 Å². The molecule has 0 N–H and O–H groups in total. The number of hydrogen-bond acceptors (Lipinski definition) is 3. The largest absolute Gasteiger partial charge is 0.490 e. The average Bonchev–Trinajstić information content (AvgIpc) is 3.38. The van der Waals surface area contributed by atoms with E-state index in [1.165, 1.54) is 38.8 Å². The van der Waals surface area contributed by atoms with Crippen LogP contribution in [0.15, 0.2) is 24.3 Å². The van der Waals surface area contributed by atoms with Crippen molar-refractivity contribution in [3.63, 3.8) is 0 Å². The normalized spacial score (nSPS) is 25.0. The van der Waals surface area contributed by atoms with Gasteiger partial charge in [-0.2, -0.15) is 0 Å². The Morgan fingerprint density at radius 3 is 2.36 bits per heavy atom. The third kappa shape index (κ3) is 4.00. The Morgan fingerprint density at radius 2 is 1.64 bits per heavy atom. The average molecular weight is 342 g/mol. The topological polar surface area (TPSA) is 32.8 Å². The number of nitrogens with zero attached hydrogens (tertiary/aromatic N) is 2. The minimum Gasteiger partial charge on any atom is -0.490 e. The summed E-state index contributed by atoms with van der Waals surface area (Å²) in [7, 11) is 0. The Kier molecular flexibility index (Phi) is 5.25. The molecule has 0 spiro atoms. The maximum Gasteiger partial charge on any atom is 0.254 e. The van der Waals surface area contributed by atoms with E-state index in [1.54, 1.807) is 0 Å². The Hall–Kier alpha value is -1.55. The van der Waals surface area contributed by atoms with E-state index < -0.39 is 0 Å². The molecular weight excluding hydrogens is 312 g/mol. The Morgan fingerprint density at radius 1 is 0.920 bits per heavy atom. The zero-order chi connectivity index (χ0) is 17.1. The van der Waals surface area contributed by atoms with Crippen molar-refractivity contribution in [1.82, 2.24) is 9.80 Å². The fourth-order valence-electron chi connectivity index (χ4n) is 4.60. The quantitative estimate of drug-likeness (QED) is 0.818. The first-order valence-corrected chi connectivity index (χ1v) is 10.1. The van der Waals surface area contributed by atoms with Crippen LogP contribution in [0.3, 0.4) is 0 Å². The standard InChI is InChI=1S/C21H30N2O2/c24-21(23-15-5-6-18(23)16-22-13-3-4-14-22)17-9-11-20(12-10-17)25-19-7-1-2-8-19/h9-12,18-19H,1-8,13-16H2/t18-/m0/s1. The third-order valence-electron chi connectivity index (χ3n) is 6.01. The van der Waals surface area contributed by atoms with Crippen LogP contribution in [0.25, 0.3) is 0 Å². The second kappa shape index (κ2) is 7.77. The molecule has 1 aliphatic carbocycles. The number of amides is 1. The second-order valence-corrected chi connectivity index (χ2v) is 7.85. The lowest BCUT2D eigenvalue weighted by atomic mass is 10.1. The number of hydrogen-bond donors (Lipinski definition) is 0. The van der Waals surface area contributed by atoms with Crippen LogP contribution in [0.1, 0.15) is 61.7 Å². The highest BCUT2D eigenvalue weighted by Gasteiger charge is 2.31. The zero-order valence-corrected chi connectivity index (χ0v) is 15.2. The molecule has 4 nitrogen and oxygen atoms in total. The minimum atomic E-state index is 0.189. The molecule has 0 radical (unpaired) electrons. The van der Waals surface area contributed by atoms with Crippen LogP contribution in [0.5, 0.6) is 5.75 Å². The van der Waals surface area contributed by atoms with Crippen molar-refractivity contribution >= 4 is 5.91 Å². The number of carbonyl (C=O) groups is 1. The van der Waals surface area contributed by atoms with Crippen LogP contribution in [0, 0.1) is 0 Å². The fourth-order valence-corrected chi connectivity index (χ4v) is 4.60. The van der Waals surface area contributed by atoms with Gasteiger partial charge in [-0.3, -0.25) is 4.79 Å². The molecule has 2 aliphatic heterocycles. The summed E-state index contributed by atoms with van der Waals surface area (Å²) in [5.74, 6) is 1.09. The molecular formula is C21H30N2O2. The van der Waals surface area contributed by atoms with Crippen LogP contribution in [-0.4, -0.2) is 54.0 Å². The predicted molar refractivity (Wildman–Crippen MR) is 99.1 cm³/mol. The first-order valence-electron chi connectivity index (χ1n) is 10.1. The molecule has 3 fully saturated rings. The van der Waals surface area contributed by atoms with E-state index in [1.807, 2.05) is 24.3 Å². The highest BCUT2D eigenvalue weighted by molar-refractivity contribution is 5.94. The van der Waals surface area contributed by atoms with E-state index in [-0.39, 0.29) is 5.91 Å². The highest BCUT2D eigenvalue weighted by atomic mass is 16.5. The molecule has 3 aliphatic rings. The van der Waals surface area contributed by atoms with Crippen molar-refractivity contribution in [2.45, 2.75) is 63.5 Å². The van der Waals surface area contributed by atoms with E-state index in [0.29, 0.717) is 12.1 Å². The van der Waals surface area contributed by atoms with E-state index in [0.717, 1.165) is 50.1 Å². The van der Waals surface area contributed by atoms with Crippen molar-refractivity contribution in [2.75, 3.05) is 26.2 Å². The third-order valence-corrected chi connectivity index (χ3v) is 6.01. The smallest absolute Gasteiger partial charge is 0.254 e. The molecule has 1 saturated carbocycles. The van der Waals surface area contributed by atoms with Crippen LogP contribution >= 0.6 is 0 Å². The van der Waals surface area contributed by atoms with Crippen LogP contribution in [0.4, 0.5) is 0 Å². The van der Waals surface area contributed by atoms with Gasteiger partial charge < -0.3 is 14.5 Å². The highest BCUT2D eigenvalue weighted by Crippen LogP contribution is 2.26. The van der Waals surface area contributed by atoms with Crippen LogP contribution < -0.4 is 4.74 Å². The summed E-state index contributed by atoms with van der Waals surface area (Å²) in [4.78, 5) is 17.6. The lowest BCUT2D eigenvalue weighted by Crippen LogP contribution is -2.42. The molecule has 25 heavy (non-hydrogen) atoms. The maximum atomic E-state index is 13.0. The van der Waals surface area contributed by atoms with E-state index >= 15 is 0 Å². The number of carbonyl (C=O) groups excluding carboxylic acids is 1. The van der Waals surface area contributed by atoms with E-state index in [9.17, 15) is 4.79 Å². The SMILES string of the molecule is O=C(c1ccc(OC2CCCC2)cc1)N1CCC[C@H]1CN1CCCC1. The maximum absolute atomic E-state index is 13.0. The van der Waals surface area contributed by atoms with Crippen molar-refractivity contribution in [3.8, 4) is 5.75 Å². The van der Waals surface area contributed by atoms with Gasteiger partial charge in [0.05, 0.1) is 6.10 Å². The molecule has 1 aromatic carbocycles. The lowest BCUT2D eigenvalue weighted by Gasteiger charge is -2.28. The summed E-state index contributed by atoms with van der Waals surface area (Å²) < 4.78 is 6.01. The van der Waals surface area contributed by atoms with Crippen molar-refractivity contribution in [1.29, 1.82) is 0 Å². The fraction of sp³-hybridized carbons (Fsp3) is 0.667. The Balaban J connectivity index is 1.37. The minimum absolute atomic E-state index is 0.189. The van der Waals surface area contributed by atoms with E-state index in [4.69, 9.17) is 4.74 Å².